The van der Waals surface area contributed by atoms with Crippen LogP contribution < -0.4 is 15.1 Å². The molecule has 2 aromatic rings. The number of fused-ring (bicyclic) bond motifs is 1. The van der Waals surface area contributed by atoms with E-state index in [2.05, 4.69) is 37.2 Å². The summed E-state index contributed by atoms with van der Waals surface area (Å²) in [6.07, 6.45) is 3.80. The fourth-order valence-electron chi connectivity index (χ4n) is 8.97. The third-order valence-corrected chi connectivity index (χ3v) is 12.0. The zero-order valence-electron chi connectivity index (χ0n) is 33.6. The van der Waals surface area contributed by atoms with E-state index < -0.39 is 59.6 Å². The van der Waals surface area contributed by atoms with Gasteiger partial charge in [-0.25, -0.2) is 0 Å². The van der Waals surface area contributed by atoms with Crippen LogP contribution in [-0.2, 0) is 33.4 Å². The van der Waals surface area contributed by atoms with Crippen LogP contribution in [0.25, 0.3) is 0 Å². The second kappa shape index (κ2) is 19.1. The van der Waals surface area contributed by atoms with Gasteiger partial charge >= 0.3 is 5.97 Å². The van der Waals surface area contributed by atoms with E-state index in [1.807, 2.05) is 68.4 Å². The van der Waals surface area contributed by atoms with Gasteiger partial charge < -0.3 is 39.3 Å². The molecule has 3 heterocycles. The number of aliphatic hydroxyl groups is 1. The summed E-state index contributed by atoms with van der Waals surface area (Å²) in [6, 6.07) is 14.3. The maximum Gasteiger partial charge on any atom is 0.313 e. The monoisotopic (exact) mass is 772 g/mol. The molecular weight excluding hydrogens is 713 g/mol. The lowest BCUT2D eigenvalue weighted by atomic mass is 9.70. The fraction of sp³-hybridized carbons (Fsp3) is 0.545. The van der Waals surface area contributed by atoms with E-state index in [-0.39, 0.29) is 43.9 Å². The molecule has 2 N–H and O–H groups in total. The molecule has 3 aliphatic rings. The molecule has 0 aromatic heterocycles. The van der Waals surface area contributed by atoms with Gasteiger partial charge in [0.2, 0.25) is 11.8 Å². The van der Waals surface area contributed by atoms with Crippen molar-refractivity contribution in [2.45, 2.75) is 95.7 Å². The van der Waals surface area contributed by atoms with Gasteiger partial charge in [-0.05, 0) is 68.9 Å². The van der Waals surface area contributed by atoms with Gasteiger partial charge in [0, 0.05) is 44.5 Å². The van der Waals surface area contributed by atoms with Crippen LogP contribution in [0, 0.1) is 17.8 Å². The third kappa shape index (κ3) is 8.28. The predicted molar refractivity (Wildman–Crippen MR) is 216 cm³/mol. The van der Waals surface area contributed by atoms with Crippen LogP contribution in [-0.4, -0.2) is 103 Å². The summed E-state index contributed by atoms with van der Waals surface area (Å²) in [5.41, 5.74) is 0.963. The maximum absolute atomic E-state index is 15.2. The number of carbonyl (C=O) groups excluding carboxylic acids is 4. The van der Waals surface area contributed by atoms with Crippen molar-refractivity contribution in [2.24, 2.45) is 17.8 Å². The van der Waals surface area contributed by atoms with Crippen molar-refractivity contribution in [3.8, 4) is 0 Å². The van der Waals surface area contributed by atoms with E-state index in [1.165, 1.54) is 12.0 Å². The molecule has 12 nitrogen and oxygen atoms in total. The van der Waals surface area contributed by atoms with E-state index in [0.717, 1.165) is 18.8 Å². The molecule has 3 saturated heterocycles. The number of carbonyl (C=O) groups is 4. The Bertz CT molecular complexity index is 1680. The lowest BCUT2D eigenvalue weighted by Crippen LogP contribution is -2.60. The van der Waals surface area contributed by atoms with Gasteiger partial charge in [-0.1, -0.05) is 62.8 Å². The average molecular weight is 773 g/mol. The highest BCUT2D eigenvalue weighted by Gasteiger charge is 2.76. The molecule has 3 amide bonds. The Kier molecular flexibility index (Phi) is 14.5. The van der Waals surface area contributed by atoms with Crippen LogP contribution in [0.1, 0.15) is 71.5 Å². The molecule has 304 valence electrons. The zero-order chi connectivity index (χ0) is 40.6. The number of amides is 3. The number of allylic oxidation sites excluding steroid dienone is 1. The summed E-state index contributed by atoms with van der Waals surface area (Å²) < 4.78 is 18.7. The highest BCUT2D eigenvalue weighted by Crippen LogP contribution is 2.60. The summed E-state index contributed by atoms with van der Waals surface area (Å²) in [6.45, 7) is 17.3. The molecule has 2 bridgehead atoms. The first kappa shape index (κ1) is 42.6. The molecule has 5 rings (SSSR count). The number of rotatable bonds is 21. The normalized spacial score (nSPS) is 24.5. The standard InChI is InChI=1S/C44H60N4O8/c1-8-13-19-36(50)45-33(28-54-7)39(30-17-15-14-16-18-30)55-43(53)37-35-24-25-44(56-35)38(37)41(51)48(34(27-49)29(6)10-3)40(44)42(52)47(26-9-2)32-22-20-31(21-23-32)46(11-4)12-5/h8-9,14-18,20-23,29,33-35,37-40,49H,1-2,10-13,19,24-28H2,3-7H3,(H,45,50)/t29-,33+,34-,35-,37+,38+,39+,40-,44+/m0/s1. The van der Waals surface area contributed by atoms with Crippen molar-refractivity contribution in [1.82, 2.24) is 10.2 Å². The smallest absolute Gasteiger partial charge is 0.313 e. The lowest BCUT2D eigenvalue weighted by molar-refractivity contribution is -0.163. The van der Waals surface area contributed by atoms with Crippen LogP contribution in [0.15, 0.2) is 79.9 Å². The highest BCUT2D eigenvalue weighted by molar-refractivity contribution is 6.05. The maximum atomic E-state index is 15.2. The van der Waals surface area contributed by atoms with Crippen molar-refractivity contribution in [3.05, 3.63) is 85.5 Å². The van der Waals surface area contributed by atoms with Crippen molar-refractivity contribution >= 4 is 35.1 Å². The van der Waals surface area contributed by atoms with E-state index in [4.69, 9.17) is 14.2 Å². The topological polar surface area (TPSA) is 138 Å². The molecule has 1 spiro atoms. The number of methoxy groups -OCH3 is 1. The van der Waals surface area contributed by atoms with E-state index in [1.54, 1.807) is 17.1 Å². The number of anilines is 2. The van der Waals surface area contributed by atoms with Crippen LogP contribution >= 0.6 is 0 Å². The summed E-state index contributed by atoms with van der Waals surface area (Å²) >= 11 is 0. The molecule has 9 atom stereocenters. The largest absolute Gasteiger partial charge is 0.455 e. The minimum atomic E-state index is -1.34. The second-order valence-electron chi connectivity index (χ2n) is 15.1. The van der Waals surface area contributed by atoms with Crippen molar-refractivity contribution in [3.63, 3.8) is 0 Å². The van der Waals surface area contributed by atoms with Crippen molar-refractivity contribution in [2.75, 3.05) is 49.8 Å². The predicted octanol–water partition coefficient (Wildman–Crippen LogP) is 5.22. The number of likely N-dealkylation sites (tertiary alicyclic amines) is 1. The van der Waals surface area contributed by atoms with Crippen LogP contribution in [0.5, 0.6) is 0 Å². The molecule has 2 aromatic carbocycles. The summed E-state index contributed by atoms with van der Waals surface area (Å²) in [5.74, 6) is -3.91. The Morgan fingerprint density at radius 1 is 1.05 bits per heavy atom. The SMILES string of the molecule is C=CCCC(=O)N[C@H](COC)[C@H](OC(=O)[C@@H]1[C@@H]2CC[C@]3(O2)[C@H](C(=O)N(CC=C)c2ccc(N(CC)CC)cc2)N([C@@H](CO)[C@@H](C)CC)C(=O)[C@@H]13)c1ccccc1. The lowest BCUT2D eigenvalue weighted by Gasteiger charge is -2.41. The van der Waals surface area contributed by atoms with E-state index in [9.17, 15) is 14.7 Å². The Labute approximate surface area is 331 Å². The molecular formula is C44H60N4O8. The van der Waals surface area contributed by atoms with Gasteiger partial charge in [-0.15, -0.1) is 13.2 Å². The Balaban J connectivity index is 1.54. The Morgan fingerprint density at radius 3 is 2.32 bits per heavy atom. The number of esters is 1. The summed E-state index contributed by atoms with van der Waals surface area (Å²) in [4.78, 5) is 63.2. The minimum Gasteiger partial charge on any atom is -0.455 e. The summed E-state index contributed by atoms with van der Waals surface area (Å²) in [5, 5.41) is 13.8. The summed E-state index contributed by atoms with van der Waals surface area (Å²) in [7, 11) is 1.51. The number of ether oxygens (including phenoxy) is 3. The zero-order valence-corrected chi connectivity index (χ0v) is 33.6. The first-order valence-corrected chi connectivity index (χ1v) is 20.1. The van der Waals surface area contributed by atoms with Crippen LogP contribution in [0.4, 0.5) is 11.4 Å². The Hall–Kier alpha value is -4.52. The Morgan fingerprint density at radius 2 is 1.73 bits per heavy atom. The highest BCUT2D eigenvalue weighted by atomic mass is 16.6. The van der Waals surface area contributed by atoms with Gasteiger partial charge in [0.05, 0.1) is 43.2 Å². The van der Waals surface area contributed by atoms with Gasteiger partial charge in [0.1, 0.15) is 17.7 Å². The molecule has 3 fully saturated rings. The minimum absolute atomic E-state index is 0.0516. The number of nitrogens with one attached hydrogen (secondary N) is 1. The quantitative estimate of drug-likeness (QED) is 0.129. The molecule has 0 radical (unpaired) electrons. The van der Waals surface area contributed by atoms with Gasteiger partial charge in [-0.3, -0.25) is 19.2 Å². The molecule has 0 aliphatic carbocycles. The van der Waals surface area contributed by atoms with Crippen LogP contribution in [0.2, 0.25) is 0 Å². The third-order valence-electron chi connectivity index (χ3n) is 12.0. The number of hydrogen-bond donors (Lipinski definition) is 2. The van der Waals surface area contributed by atoms with Crippen molar-refractivity contribution < 1.29 is 38.5 Å². The second-order valence-corrected chi connectivity index (χ2v) is 15.1. The number of hydrogen-bond acceptors (Lipinski definition) is 9. The molecule has 12 heteroatoms. The number of nitrogens with zero attached hydrogens (tertiary/aromatic N) is 3. The number of aliphatic hydroxyl groups excluding tert-OH is 1. The van der Waals surface area contributed by atoms with Crippen LogP contribution in [0.3, 0.4) is 0 Å². The first-order valence-electron chi connectivity index (χ1n) is 20.1. The van der Waals surface area contributed by atoms with Gasteiger partial charge in [0.25, 0.3) is 5.91 Å². The van der Waals surface area contributed by atoms with Crippen molar-refractivity contribution in [1.29, 1.82) is 0 Å². The van der Waals surface area contributed by atoms with E-state index >= 15 is 9.59 Å². The fourth-order valence-corrected chi connectivity index (χ4v) is 8.97. The van der Waals surface area contributed by atoms with Gasteiger partial charge in [-0.2, -0.15) is 0 Å². The average Bonchev–Trinajstić information content (AvgIpc) is 3.86. The number of benzene rings is 2. The van der Waals surface area contributed by atoms with Gasteiger partial charge in [0.15, 0.2) is 0 Å². The molecule has 3 aliphatic heterocycles. The molecule has 0 saturated carbocycles. The first-order chi connectivity index (χ1) is 27.0. The van der Waals surface area contributed by atoms with E-state index in [0.29, 0.717) is 36.9 Å². The molecule has 56 heavy (non-hydrogen) atoms. The molecule has 0 unspecified atom stereocenters.